The number of fused-ring (bicyclic) bond motifs is 4. The number of anilines is 3. The molecule has 1 aromatic heterocycles. The van der Waals surface area contributed by atoms with Gasteiger partial charge in [-0.1, -0.05) is 130 Å². The molecule has 0 aliphatic rings. The summed E-state index contributed by atoms with van der Waals surface area (Å²) >= 11 is 0. The lowest BCUT2D eigenvalue weighted by Gasteiger charge is -2.28. The third-order valence-electron chi connectivity index (χ3n) is 9.16. The predicted octanol–water partition coefficient (Wildman–Crippen LogP) is 12.4. The smallest absolute Gasteiger partial charge is 0.0541 e. The molecule has 0 radical (unpaired) electrons. The van der Waals surface area contributed by atoms with Gasteiger partial charge in [0.2, 0.25) is 0 Å². The molecule has 0 amide bonds. The molecule has 0 unspecified atom stereocenters. The highest BCUT2D eigenvalue weighted by Crippen LogP contribution is 2.40. The molecule has 7 aromatic carbocycles. The number of para-hydroxylation sites is 2. The maximum absolute atomic E-state index is 2.38. The first-order chi connectivity index (χ1) is 22.5. The molecule has 0 aliphatic carbocycles. The van der Waals surface area contributed by atoms with E-state index in [-0.39, 0.29) is 5.41 Å². The van der Waals surface area contributed by atoms with Crippen LogP contribution in [0.5, 0.6) is 0 Å². The Hall–Kier alpha value is -5.60. The van der Waals surface area contributed by atoms with E-state index in [9.17, 15) is 0 Å². The van der Waals surface area contributed by atoms with Gasteiger partial charge in [-0.25, -0.2) is 0 Å². The van der Waals surface area contributed by atoms with E-state index in [1.54, 1.807) is 0 Å². The minimum Gasteiger partial charge on any atom is -0.310 e. The molecule has 0 spiro atoms. The summed E-state index contributed by atoms with van der Waals surface area (Å²) in [4.78, 5) is 2.38. The van der Waals surface area contributed by atoms with E-state index in [4.69, 9.17) is 0 Å². The summed E-state index contributed by atoms with van der Waals surface area (Å²) in [6.07, 6.45) is 0. The van der Waals surface area contributed by atoms with Crippen LogP contribution in [0.25, 0.3) is 49.4 Å². The number of aromatic nitrogens is 1. The highest BCUT2D eigenvalue weighted by molar-refractivity contribution is 6.09. The van der Waals surface area contributed by atoms with Crippen molar-refractivity contribution in [3.05, 3.63) is 169 Å². The van der Waals surface area contributed by atoms with Crippen molar-refractivity contribution in [2.45, 2.75) is 26.2 Å². The van der Waals surface area contributed by atoms with Crippen molar-refractivity contribution in [2.24, 2.45) is 0 Å². The number of rotatable bonds is 5. The Morgan fingerprint density at radius 2 is 0.913 bits per heavy atom. The standard InChI is InChI=1S/C44H36N2/c1-44(2,3)34-23-29-36(30-24-34)45(41-18-10-12-33-11-4-5-13-38(33)41)35-25-19-31(20-26-35)32-21-27-37(28-22-32)46-42-16-8-6-14-39(42)40-15-7-9-17-43(40)46/h4-30H,1-3H3. The Morgan fingerprint density at radius 3 is 1.50 bits per heavy atom. The molecular weight excluding hydrogens is 556 g/mol. The second kappa shape index (κ2) is 11.1. The largest absolute Gasteiger partial charge is 0.310 e. The van der Waals surface area contributed by atoms with E-state index >= 15 is 0 Å². The van der Waals surface area contributed by atoms with Gasteiger partial charge in [-0.3, -0.25) is 0 Å². The van der Waals surface area contributed by atoms with Crippen molar-refractivity contribution < 1.29 is 0 Å². The quantitative estimate of drug-likeness (QED) is 0.193. The summed E-state index contributed by atoms with van der Waals surface area (Å²) in [5, 5.41) is 5.02. The Bertz CT molecular complexity index is 2260. The monoisotopic (exact) mass is 592 g/mol. The number of hydrogen-bond donors (Lipinski definition) is 0. The second-order valence-corrected chi connectivity index (χ2v) is 13.1. The molecule has 0 saturated heterocycles. The summed E-state index contributed by atoms with van der Waals surface area (Å²) in [5.74, 6) is 0. The van der Waals surface area contributed by atoms with Crippen LogP contribution in [0.2, 0.25) is 0 Å². The lowest BCUT2D eigenvalue weighted by atomic mass is 9.87. The molecule has 2 heteroatoms. The molecule has 222 valence electrons. The molecule has 0 bridgehead atoms. The van der Waals surface area contributed by atoms with Crippen molar-refractivity contribution in [1.82, 2.24) is 4.57 Å². The first-order valence-electron chi connectivity index (χ1n) is 16.0. The van der Waals surface area contributed by atoms with E-state index in [0.717, 1.165) is 11.4 Å². The van der Waals surface area contributed by atoms with Crippen molar-refractivity contribution in [3.63, 3.8) is 0 Å². The average Bonchev–Trinajstić information content (AvgIpc) is 3.43. The van der Waals surface area contributed by atoms with Crippen molar-refractivity contribution in [3.8, 4) is 16.8 Å². The normalized spacial score (nSPS) is 11.8. The van der Waals surface area contributed by atoms with Crippen LogP contribution in [-0.2, 0) is 5.41 Å². The van der Waals surface area contributed by atoms with Crippen LogP contribution in [0.15, 0.2) is 164 Å². The van der Waals surface area contributed by atoms with Crippen molar-refractivity contribution in [2.75, 3.05) is 4.90 Å². The summed E-state index contributed by atoms with van der Waals surface area (Å²) < 4.78 is 2.37. The van der Waals surface area contributed by atoms with Gasteiger partial charge in [0.25, 0.3) is 0 Å². The molecular formula is C44H36N2. The van der Waals surface area contributed by atoms with Gasteiger partial charge in [0.1, 0.15) is 0 Å². The fourth-order valence-corrected chi connectivity index (χ4v) is 6.75. The first-order valence-corrected chi connectivity index (χ1v) is 16.0. The average molecular weight is 593 g/mol. The topological polar surface area (TPSA) is 8.17 Å². The number of hydrogen-bond acceptors (Lipinski definition) is 1. The van der Waals surface area contributed by atoms with Gasteiger partial charge in [-0.2, -0.15) is 0 Å². The van der Waals surface area contributed by atoms with Crippen LogP contribution in [-0.4, -0.2) is 4.57 Å². The Balaban J connectivity index is 1.17. The van der Waals surface area contributed by atoms with Crippen LogP contribution < -0.4 is 4.90 Å². The van der Waals surface area contributed by atoms with Crippen LogP contribution in [0, 0.1) is 0 Å². The minimum absolute atomic E-state index is 0.0988. The van der Waals surface area contributed by atoms with Gasteiger partial charge in [-0.15, -0.1) is 0 Å². The van der Waals surface area contributed by atoms with E-state index in [1.165, 1.54) is 60.6 Å². The highest BCUT2D eigenvalue weighted by atomic mass is 15.1. The van der Waals surface area contributed by atoms with Gasteiger partial charge in [0.05, 0.1) is 16.7 Å². The molecule has 0 aliphatic heterocycles. The SMILES string of the molecule is CC(C)(C)c1ccc(N(c2ccc(-c3ccc(-n4c5ccccc5c5ccccc54)cc3)cc2)c2cccc3ccccc23)cc1. The molecule has 0 saturated carbocycles. The molecule has 0 fully saturated rings. The van der Waals surface area contributed by atoms with Gasteiger partial charge in [0.15, 0.2) is 0 Å². The van der Waals surface area contributed by atoms with Crippen LogP contribution >= 0.6 is 0 Å². The van der Waals surface area contributed by atoms with Crippen molar-refractivity contribution >= 4 is 49.6 Å². The molecule has 8 aromatic rings. The van der Waals surface area contributed by atoms with E-state index in [2.05, 4.69) is 194 Å². The van der Waals surface area contributed by atoms with E-state index < -0.39 is 0 Å². The lowest BCUT2D eigenvalue weighted by molar-refractivity contribution is 0.590. The molecule has 46 heavy (non-hydrogen) atoms. The predicted molar refractivity (Wildman–Crippen MR) is 197 cm³/mol. The van der Waals surface area contributed by atoms with Gasteiger partial charge in [-0.05, 0) is 82.1 Å². The third kappa shape index (κ3) is 4.83. The fraction of sp³-hybridized carbons (Fsp3) is 0.0909. The zero-order valence-electron chi connectivity index (χ0n) is 26.5. The highest BCUT2D eigenvalue weighted by Gasteiger charge is 2.18. The van der Waals surface area contributed by atoms with E-state index in [0.29, 0.717) is 0 Å². The Kier molecular flexibility index (Phi) is 6.73. The molecule has 1 heterocycles. The number of nitrogens with zero attached hydrogens (tertiary/aromatic N) is 2. The lowest BCUT2D eigenvalue weighted by Crippen LogP contribution is -2.13. The fourth-order valence-electron chi connectivity index (χ4n) is 6.75. The van der Waals surface area contributed by atoms with Gasteiger partial charge < -0.3 is 9.47 Å². The van der Waals surface area contributed by atoms with Gasteiger partial charge >= 0.3 is 0 Å². The third-order valence-corrected chi connectivity index (χ3v) is 9.16. The summed E-state index contributed by atoms with van der Waals surface area (Å²) in [7, 11) is 0. The van der Waals surface area contributed by atoms with Crippen LogP contribution in [0.1, 0.15) is 26.3 Å². The Morgan fingerprint density at radius 1 is 0.435 bits per heavy atom. The maximum atomic E-state index is 2.38. The zero-order chi connectivity index (χ0) is 31.3. The summed E-state index contributed by atoms with van der Waals surface area (Å²) in [6, 6.07) is 59.5. The maximum Gasteiger partial charge on any atom is 0.0541 e. The van der Waals surface area contributed by atoms with E-state index in [1.807, 2.05) is 0 Å². The summed E-state index contributed by atoms with van der Waals surface area (Å²) in [6.45, 7) is 6.79. The van der Waals surface area contributed by atoms with Crippen LogP contribution in [0.3, 0.4) is 0 Å². The molecule has 2 nitrogen and oxygen atoms in total. The second-order valence-electron chi connectivity index (χ2n) is 13.1. The molecule has 8 rings (SSSR count). The summed E-state index contributed by atoms with van der Waals surface area (Å²) in [5.41, 5.74) is 10.9. The van der Waals surface area contributed by atoms with Crippen molar-refractivity contribution in [1.29, 1.82) is 0 Å². The number of benzene rings is 7. The zero-order valence-corrected chi connectivity index (χ0v) is 26.5. The minimum atomic E-state index is 0.0988. The Labute approximate surface area is 270 Å². The first kappa shape index (κ1) is 27.9. The molecule has 0 N–H and O–H groups in total. The van der Waals surface area contributed by atoms with Gasteiger partial charge in [0, 0.05) is 33.2 Å². The molecule has 0 atom stereocenters. The van der Waals surface area contributed by atoms with Crippen LogP contribution in [0.4, 0.5) is 17.1 Å².